The molecular weight excluding hydrogens is 132 g/mol. The lowest BCUT2D eigenvalue weighted by atomic mass is 10.6. The van der Waals surface area contributed by atoms with Crippen LogP contribution in [0.3, 0.4) is 0 Å². The van der Waals surface area contributed by atoms with E-state index < -0.39 is 0 Å². The van der Waals surface area contributed by atoms with E-state index in [2.05, 4.69) is 19.9 Å². The number of imidazole rings is 1. The summed E-state index contributed by atoms with van der Waals surface area (Å²) in [5.74, 6) is 0. The molecule has 0 saturated carbocycles. The number of hydrogen-bond donors (Lipinski definition) is 2. The molecular formula is C5H5N4O+. The van der Waals surface area contributed by atoms with Crippen LogP contribution >= 0.6 is 0 Å². The molecule has 0 aromatic carbocycles. The number of nitrogens with zero attached hydrogens (tertiary/aromatic N) is 2. The molecule has 0 saturated heterocycles. The van der Waals surface area contributed by atoms with E-state index >= 15 is 0 Å². The highest BCUT2D eigenvalue weighted by molar-refractivity contribution is 5.67. The normalized spacial score (nSPS) is 10.4. The number of aromatic amines is 2. The highest BCUT2D eigenvalue weighted by Gasteiger charge is 1.97. The summed E-state index contributed by atoms with van der Waals surface area (Å²) in [5.41, 5.74) is 0.675. The number of H-pyrrole nitrogens is 2. The minimum atomic E-state index is -0.192. The smallest absolute Gasteiger partial charge is 0.339 e. The molecule has 0 aliphatic carbocycles. The Hall–Kier alpha value is -1.65. The Morgan fingerprint density at radius 3 is 2.70 bits per heavy atom. The fraction of sp³-hybridized carbons (Fsp3) is 0. The third kappa shape index (κ3) is 0.540. The van der Waals surface area contributed by atoms with Crippen molar-refractivity contribution in [3.8, 4) is 0 Å². The zero-order chi connectivity index (χ0) is 6.97. The number of hydrogen-bond acceptors (Lipinski definition) is 3. The average Bonchev–Trinajstić information content (AvgIpc) is 2.36. The van der Waals surface area contributed by atoms with Gasteiger partial charge in [0.1, 0.15) is 0 Å². The first-order valence-electron chi connectivity index (χ1n) is 2.75. The third-order valence-corrected chi connectivity index (χ3v) is 1.23. The van der Waals surface area contributed by atoms with Gasteiger partial charge in [-0.3, -0.25) is 4.79 Å². The lowest BCUT2D eigenvalue weighted by Crippen LogP contribution is -2.05. The van der Waals surface area contributed by atoms with Gasteiger partial charge in [0.25, 0.3) is 5.56 Å². The Morgan fingerprint density at radius 1 is 1.30 bits per heavy atom. The Bertz CT molecular complexity index is 406. The van der Waals surface area contributed by atoms with Crippen molar-refractivity contribution in [3.63, 3.8) is 0 Å². The Balaban J connectivity index is 0.000000605. The Morgan fingerprint density at radius 2 is 2.00 bits per heavy atom. The van der Waals surface area contributed by atoms with Crippen LogP contribution in [0.1, 0.15) is 1.43 Å². The van der Waals surface area contributed by atoms with Crippen LogP contribution in [0.2, 0.25) is 0 Å². The molecule has 0 amide bonds. The molecule has 0 fully saturated rings. The minimum Gasteiger partial charge on any atom is -0.339 e. The summed E-state index contributed by atoms with van der Waals surface area (Å²) < 4.78 is 0. The SMILES string of the molecule is O=c1[nH]cnc2nc[nH]c12.[H+]. The molecule has 2 aromatic rings. The Labute approximate surface area is 56.6 Å². The van der Waals surface area contributed by atoms with Crippen LogP contribution in [0.5, 0.6) is 0 Å². The number of rotatable bonds is 0. The van der Waals surface area contributed by atoms with E-state index in [0.29, 0.717) is 11.2 Å². The first kappa shape index (κ1) is 5.16. The van der Waals surface area contributed by atoms with Gasteiger partial charge < -0.3 is 9.97 Å². The third-order valence-electron chi connectivity index (χ3n) is 1.23. The van der Waals surface area contributed by atoms with Crippen molar-refractivity contribution in [2.45, 2.75) is 0 Å². The molecule has 2 N–H and O–H groups in total. The highest BCUT2D eigenvalue weighted by atomic mass is 16.1. The molecule has 0 atom stereocenters. The molecule has 0 unspecified atom stereocenters. The maximum absolute atomic E-state index is 10.9. The summed E-state index contributed by atoms with van der Waals surface area (Å²) in [4.78, 5) is 23.6. The summed E-state index contributed by atoms with van der Waals surface area (Å²) in [6.07, 6.45) is 2.76. The van der Waals surface area contributed by atoms with Gasteiger partial charge in [0, 0.05) is 0 Å². The summed E-state index contributed by atoms with van der Waals surface area (Å²) in [6, 6.07) is 0. The average molecular weight is 137 g/mol. The minimum absolute atomic E-state index is 0. The zero-order valence-electron chi connectivity index (χ0n) is 5.96. The molecule has 0 aliphatic rings. The standard InChI is InChI=1S/C5H4N4O/c10-5-3-4(7-1-6-3)8-2-9-5/h1-2H,(H2,6,7,8,9,10)/p+1. The van der Waals surface area contributed by atoms with Crippen molar-refractivity contribution < 1.29 is 1.43 Å². The van der Waals surface area contributed by atoms with Gasteiger partial charge in [-0.15, -0.1) is 0 Å². The fourth-order valence-electron chi connectivity index (χ4n) is 0.776. The second-order valence-corrected chi connectivity index (χ2v) is 1.83. The number of aromatic nitrogens is 4. The molecule has 0 bridgehead atoms. The topological polar surface area (TPSA) is 74.4 Å². The second-order valence-electron chi connectivity index (χ2n) is 1.83. The highest BCUT2D eigenvalue weighted by Crippen LogP contribution is 1.94. The van der Waals surface area contributed by atoms with Crippen LogP contribution in [-0.4, -0.2) is 19.9 Å². The van der Waals surface area contributed by atoms with Crippen molar-refractivity contribution in [3.05, 3.63) is 23.0 Å². The molecule has 50 valence electrons. The van der Waals surface area contributed by atoms with Gasteiger partial charge in [-0.25, -0.2) is 9.97 Å². The van der Waals surface area contributed by atoms with Crippen LogP contribution in [0.15, 0.2) is 17.4 Å². The summed E-state index contributed by atoms with van der Waals surface area (Å²) in [5, 5.41) is 0. The van der Waals surface area contributed by atoms with E-state index in [1.807, 2.05) is 0 Å². The van der Waals surface area contributed by atoms with Crippen molar-refractivity contribution >= 4 is 11.2 Å². The van der Waals surface area contributed by atoms with Crippen molar-refractivity contribution in [1.82, 2.24) is 19.9 Å². The molecule has 0 aliphatic heterocycles. The Kier molecular flexibility index (Phi) is 0.858. The van der Waals surface area contributed by atoms with Gasteiger partial charge in [-0.05, 0) is 0 Å². The van der Waals surface area contributed by atoms with E-state index in [0.717, 1.165) is 0 Å². The zero-order valence-corrected chi connectivity index (χ0v) is 4.96. The van der Waals surface area contributed by atoms with Crippen LogP contribution in [0.4, 0.5) is 0 Å². The summed E-state index contributed by atoms with van der Waals surface area (Å²) in [7, 11) is 0. The molecule has 10 heavy (non-hydrogen) atoms. The number of nitrogens with one attached hydrogen (secondary N) is 2. The van der Waals surface area contributed by atoms with Crippen LogP contribution in [0, 0.1) is 0 Å². The second kappa shape index (κ2) is 1.66. The predicted molar refractivity (Wildman–Crippen MR) is 35.6 cm³/mol. The first-order valence-corrected chi connectivity index (χ1v) is 2.75. The van der Waals surface area contributed by atoms with Crippen molar-refractivity contribution in [1.29, 1.82) is 0 Å². The van der Waals surface area contributed by atoms with Crippen LogP contribution in [-0.2, 0) is 0 Å². The summed E-state index contributed by atoms with van der Waals surface area (Å²) >= 11 is 0. The quantitative estimate of drug-likeness (QED) is 0.526. The monoisotopic (exact) mass is 137 g/mol. The van der Waals surface area contributed by atoms with Crippen molar-refractivity contribution in [2.24, 2.45) is 0 Å². The maximum atomic E-state index is 10.9. The molecule has 0 radical (unpaired) electrons. The number of fused-ring (bicyclic) bond motifs is 1. The lowest BCUT2D eigenvalue weighted by molar-refractivity contribution is 1.15. The molecule has 2 rings (SSSR count). The van der Waals surface area contributed by atoms with Gasteiger partial charge in [0.15, 0.2) is 11.2 Å². The first-order chi connectivity index (χ1) is 4.88. The van der Waals surface area contributed by atoms with Crippen LogP contribution in [0.25, 0.3) is 11.2 Å². The summed E-state index contributed by atoms with van der Waals surface area (Å²) in [6.45, 7) is 0. The van der Waals surface area contributed by atoms with E-state index in [-0.39, 0.29) is 6.99 Å². The predicted octanol–water partition coefficient (Wildman–Crippen LogP) is -0.241. The lowest BCUT2D eigenvalue weighted by Gasteiger charge is -1.81. The van der Waals surface area contributed by atoms with E-state index in [1.165, 1.54) is 12.7 Å². The van der Waals surface area contributed by atoms with E-state index in [4.69, 9.17) is 0 Å². The fourth-order valence-corrected chi connectivity index (χ4v) is 0.776. The van der Waals surface area contributed by atoms with Gasteiger partial charge in [0.2, 0.25) is 0 Å². The molecule has 2 heterocycles. The maximum Gasteiger partial charge on any atom is 1.00 e. The van der Waals surface area contributed by atoms with Gasteiger partial charge >= 0.3 is 1.43 Å². The van der Waals surface area contributed by atoms with Gasteiger partial charge in [-0.1, -0.05) is 0 Å². The van der Waals surface area contributed by atoms with Gasteiger partial charge in [0.05, 0.1) is 12.7 Å². The van der Waals surface area contributed by atoms with E-state index in [1.54, 1.807) is 0 Å². The van der Waals surface area contributed by atoms with E-state index in [9.17, 15) is 4.79 Å². The van der Waals surface area contributed by atoms with Crippen LogP contribution < -0.4 is 5.56 Å². The molecule has 0 spiro atoms. The molecule has 5 nitrogen and oxygen atoms in total. The molecule has 5 heteroatoms. The van der Waals surface area contributed by atoms with Gasteiger partial charge in [-0.2, -0.15) is 0 Å². The van der Waals surface area contributed by atoms with Crippen molar-refractivity contribution in [2.75, 3.05) is 0 Å². The molecule has 2 aromatic heterocycles. The largest absolute Gasteiger partial charge is 1.00 e.